The molecule has 1 heterocycles. The van der Waals surface area contributed by atoms with Crippen molar-refractivity contribution in [3.8, 4) is 0 Å². The molecular weight excluding hydrogens is 326 g/mol. The van der Waals surface area contributed by atoms with Gasteiger partial charge < -0.3 is 15.5 Å². The molecule has 1 saturated heterocycles. The molecule has 0 saturated carbocycles. The third-order valence-corrected chi connectivity index (χ3v) is 4.10. The van der Waals surface area contributed by atoms with Gasteiger partial charge in [0, 0.05) is 35.1 Å². The Balaban J connectivity index is 1.59. The van der Waals surface area contributed by atoms with Gasteiger partial charge in [0.25, 0.3) is 5.91 Å². The molecule has 0 aromatic heterocycles. The van der Waals surface area contributed by atoms with Gasteiger partial charge in [-0.2, -0.15) is 0 Å². The lowest BCUT2D eigenvalue weighted by atomic mass is 10.2. The molecular formula is C18H18ClN3O2. The number of carbonyl (C=O) groups excluding carboxylic acids is 2. The highest BCUT2D eigenvalue weighted by Gasteiger charge is 2.19. The van der Waals surface area contributed by atoms with Gasteiger partial charge in [0.2, 0.25) is 0 Å². The van der Waals surface area contributed by atoms with Crippen molar-refractivity contribution in [1.29, 1.82) is 0 Å². The molecule has 2 aromatic carbocycles. The average molecular weight is 344 g/mol. The minimum atomic E-state index is -0.365. The Hall–Kier alpha value is -2.53. The van der Waals surface area contributed by atoms with E-state index in [-0.39, 0.29) is 11.9 Å². The first-order valence-corrected chi connectivity index (χ1v) is 8.22. The zero-order valence-corrected chi connectivity index (χ0v) is 13.8. The lowest BCUT2D eigenvalue weighted by molar-refractivity contribution is 0.0793. The van der Waals surface area contributed by atoms with Crippen molar-refractivity contribution in [2.45, 2.75) is 12.8 Å². The van der Waals surface area contributed by atoms with Gasteiger partial charge in [-0.25, -0.2) is 4.79 Å². The van der Waals surface area contributed by atoms with E-state index in [1.54, 1.807) is 48.5 Å². The van der Waals surface area contributed by atoms with Crippen LogP contribution in [0.15, 0.2) is 48.5 Å². The number of nitrogens with zero attached hydrogens (tertiary/aromatic N) is 1. The van der Waals surface area contributed by atoms with Gasteiger partial charge in [-0.15, -0.1) is 0 Å². The first-order chi connectivity index (χ1) is 11.6. The van der Waals surface area contributed by atoms with Gasteiger partial charge in [0.1, 0.15) is 0 Å². The van der Waals surface area contributed by atoms with E-state index in [9.17, 15) is 9.59 Å². The van der Waals surface area contributed by atoms with Gasteiger partial charge in [-0.05, 0) is 55.3 Å². The maximum atomic E-state index is 12.3. The van der Waals surface area contributed by atoms with Crippen molar-refractivity contribution in [3.63, 3.8) is 0 Å². The summed E-state index contributed by atoms with van der Waals surface area (Å²) in [7, 11) is 0. The van der Waals surface area contributed by atoms with Crippen LogP contribution >= 0.6 is 11.6 Å². The molecule has 1 aliphatic heterocycles. The lowest BCUT2D eigenvalue weighted by Gasteiger charge is -2.15. The highest BCUT2D eigenvalue weighted by Crippen LogP contribution is 2.17. The fraction of sp³-hybridized carbons (Fsp3) is 0.222. The van der Waals surface area contributed by atoms with Crippen molar-refractivity contribution in [1.82, 2.24) is 4.90 Å². The zero-order valence-electron chi connectivity index (χ0n) is 13.1. The van der Waals surface area contributed by atoms with E-state index in [0.717, 1.165) is 25.9 Å². The standard InChI is InChI=1S/C18H18ClN3O2/c19-14-4-3-5-16(12-14)21-18(24)20-15-8-6-13(7-9-15)17(23)22-10-1-2-11-22/h3-9,12H,1-2,10-11H2,(H2,20,21,24). The maximum absolute atomic E-state index is 12.3. The van der Waals surface area contributed by atoms with E-state index in [1.165, 1.54) is 0 Å². The van der Waals surface area contributed by atoms with Crippen LogP contribution in [0.5, 0.6) is 0 Å². The second-order valence-corrected chi connectivity index (χ2v) is 6.10. The number of hydrogen-bond acceptors (Lipinski definition) is 2. The van der Waals surface area contributed by atoms with E-state index >= 15 is 0 Å². The molecule has 0 bridgehead atoms. The number of amides is 3. The number of hydrogen-bond donors (Lipinski definition) is 2. The summed E-state index contributed by atoms with van der Waals surface area (Å²) < 4.78 is 0. The predicted molar refractivity (Wildman–Crippen MR) is 95.7 cm³/mol. The third kappa shape index (κ3) is 4.06. The molecule has 1 fully saturated rings. The SMILES string of the molecule is O=C(Nc1ccc(C(=O)N2CCCC2)cc1)Nc1cccc(Cl)c1. The smallest absolute Gasteiger partial charge is 0.323 e. The van der Waals surface area contributed by atoms with Crippen molar-refractivity contribution < 1.29 is 9.59 Å². The van der Waals surface area contributed by atoms with E-state index in [0.29, 0.717) is 22.0 Å². The number of urea groups is 1. The Morgan fingerprint density at radius 2 is 1.58 bits per heavy atom. The number of carbonyl (C=O) groups is 2. The molecule has 3 amide bonds. The van der Waals surface area contributed by atoms with Crippen LogP contribution in [0.2, 0.25) is 5.02 Å². The molecule has 0 aliphatic carbocycles. The number of benzene rings is 2. The monoisotopic (exact) mass is 343 g/mol. The molecule has 24 heavy (non-hydrogen) atoms. The maximum Gasteiger partial charge on any atom is 0.323 e. The summed E-state index contributed by atoms with van der Waals surface area (Å²) in [6.07, 6.45) is 2.13. The van der Waals surface area contributed by atoms with E-state index in [1.807, 2.05) is 4.90 Å². The summed E-state index contributed by atoms with van der Waals surface area (Å²) in [6.45, 7) is 1.64. The highest BCUT2D eigenvalue weighted by molar-refractivity contribution is 6.30. The topological polar surface area (TPSA) is 61.4 Å². The Labute approximate surface area is 145 Å². The molecule has 0 radical (unpaired) electrons. The molecule has 3 rings (SSSR count). The number of likely N-dealkylation sites (tertiary alicyclic amines) is 1. The fourth-order valence-corrected chi connectivity index (χ4v) is 2.85. The van der Waals surface area contributed by atoms with Crippen molar-refractivity contribution in [3.05, 3.63) is 59.1 Å². The minimum absolute atomic E-state index is 0.0439. The summed E-state index contributed by atoms with van der Waals surface area (Å²) in [5.74, 6) is 0.0439. The summed E-state index contributed by atoms with van der Waals surface area (Å²) >= 11 is 5.88. The Morgan fingerprint density at radius 3 is 2.25 bits per heavy atom. The fourth-order valence-electron chi connectivity index (χ4n) is 2.66. The van der Waals surface area contributed by atoms with Crippen LogP contribution < -0.4 is 10.6 Å². The number of anilines is 2. The van der Waals surface area contributed by atoms with Crippen LogP contribution in [0, 0.1) is 0 Å². The highest BCUT2D eigenvalue weighted by atomic mass is 35.5. The number of rotatable bonds is 3. The summed E-state index contributed by atoms with van der Waals surface area (Å²) in [5, 5.41) is 5.98. The number of nitrogens with one attached hydrogen (secondary N) is 2. The van der Waals surface area contributed by atoms with Gasteiger partial charge in [-0.1, -0.05) is 17.7 Å². The van der Waals surface area contributed by atoms with Crippen LogP contribution in [-0.4, -0.2) is 29.9 Å². The van der Waals surface area contributed by atoms with Crippen LogP contribution in [-0.2, 0) is 0 Å². The normalized spacial score (nSPS) is 13.6. The van der Waals surface area contributed by atoms with E-state index < -0.39 is 0 Å². The predicted octanol–water partition coefficient (Wildman–Crippen LogP) is 4.22. The van der Waals surface area contributed by atoms with Crippen LogP contribution in [0.25, 0.3) is 0 Å². The largest absolute Gasteiger partial charge is 0.339 e. The molecule has 0 unspecified atom stereocenters. The molecule has 0 spiro atoms. The molecule has 124 valence electrons. The second-order valence-electron chi connectivity index (χ2n) is 5.67. The zero-order chi connectivity index (χ0) is 16.9. The van der Waals surface area contributed by atoms with Gasteiger partial charge in [0.05, 0.1) is 0 Å². The van der Waals surface area contributed by atoms with E-state index in [4.69, 9.17) is 11.6 Å². The first-order valence-electron chi connectivity index (χ1n) is 7.85. The van der Waals surface area contributed by atoms with Crippen LogP contribution in [0.3, 0.4) is 0 Å². The Morgan fingerprint density at radius 1 is 0.917 bits per heavy atom. The van der Waals surface area contributed by atoms with E-state index in [2.05, 4.69) is 10.6 Å². The van der Waals surface area contributed by atoms with Crippen LogP contribution in [0.4, 0.5) is 16.2 Å². The van der Waals surface area contributed by atoms with Crippen molar-refractivity contribution in [2.75, 3.05) is 23.7 Å². The van der Waals surface area contributed by atoms with Crippen molar-refractivity contribution in [2.24, 2.45) is 0 Å². The summed E-state index contributed by atoms with van der Waals surface area (Å²) in [5.41, 5.74) is 1.87. The van der Waals surface area contributed by atoms with Gasteiger partial charge in [-0.3, -0.25) is 4.79 Å². The molecule has 5 nitrogen and oxygen atoms in total. The second kappa shape index (κ2) is 7.36. The van der Waals surface area contributed by atoms with Crippen LogP contribution in [0.1, 0.15) is 23.2 Å². The minimum Gasteiger partial charge on any atom is -0.339 e. The average Bonchev–Trinajstić information content (AvgIpc) is 3.09. The number of halogens is 1. The van der Waals surface area contributed by atoms with Gasteiger partial charge in [0.15, 0.2) is 0 Å². The summed E-state index contributed by atoms with van der Waals surface area (Å²) in [6, 6.07) is 13.5. The Kier molecular flexibility index (Phi) is 5.01. The molecule has 2 N–H and O–H groups in total. The van der Waals surface area contributed by atoms with Crippen molar-refractivity contribution >= 4 is 34.9 Å². The lowest BCUT2D eigenvalue weighted by Crippen LogP contribution is -2.27. The molecule has 1 aliphatic rings. The molecule has 6 heteroatoms. The Bertz CT molecular complexity index is 740. The van der Waals surface area contributed by atoms with Gasteiger partial charge >= 0.3 is 6.03 Å². The summed E-state index contributed by atoms with van der Waals surface area (Å²) in [4.78, 5) is 26.1. The quantitative estimate of drug-likeness (QED) is 0.876. The third-order valence-electron chi connectivity index (χ3n) is 3.87. The molecule has 0 atom stereocenters. The first kappa shape index (κ1) is 16.3. The molecule has 2 aromatic rings.